The van der Waals surface area contributed by atoms with Gasteiger partial charge in [0.05, 0.1) is 7.11 Å². The molecule has 0 radical (unpaired) electrons. The Balaban J connectivity index is 1.59. The molecule has 0 fully saturated rings. The van der Waals surface area contributed by atoms with Crippen molar-refractivity contribution in [3.63, 3.8) is 0 Å². The van der Waals surface area contributed by atoms with Gasteiger partial charge in [-0.15, -0.1) is 0 Å². The maximum atomic E-state index is 13.5. The van der Waals surface area contributed by atoms with Crippen molar-refractivity contribution in [2.75, 3.05) is 7.11 Å². The van der Waals surface area contributed by atoms with E-state index in [1.54, 1.807) is 12.1 Å². The van der Waals surface area contributed by atoms with E-state index in [0.29, 0.717) is 29.9 Å². The molecule has 0 bridgehead atoms. The second-order valence-electron chi connectivity index (χ2n) is 11.3. The van der Waals surface area contributed by atoms with Crippen LogP contribution in [0.2, 0.25) is 0 Å². The van der Waals surface area contributed by atoms with Crippen molar-refractivity contribution in [3.8, 4) is 34.3 Å². The van der Waals surface area contributed by atoms with E-state index in [4.69, 9.17) is 9.15 Å². The largest absolute Gasteiger partial charge is 0.508 e. The van der Waals surface area contributed by atoms with Gasteiger partial charge in [-0.05, 0) is 77.4 Å². The Morgan fingerprint density at radius 3 is 2.40 bits per heavy atom. The van der Waals surface area contributed by atoms with Gasteiger partial charge >= 0.3 is 0 Å². The molecule has 6 aromatic rings. The molecule has 2 aromatic heterocycles. The van der Waals surface area contributed by atoms with Crippen LogP contribution in [0.1, 0.15) is 43.7 Å². The minimum Gasteiger partial charge on any atom is -0.508 e. The van der Waals surface area contributed by atoms with E-state index < -0.39 is 11.2 Å². The highest BCUT2D eigenvalue weighted by atomic mass is 16.5. The molecule has 42 heavy (non-hydrogen) atoms. The van der Waals surface area contributed by atoms with E-state index in [1.165, 1.54) is 25.3 Å². The SMILES string of the molecule is COc1c(O)c([C@H](CCC(C)C)Cc2cccc3c2ccc2[nH]ccc23)c2oc(-c3ccc(O)cc3)cc(=O)c2c1O. The van der Waals surface area contributed by atoms with E-state index in [9.17, 15) is 20.1 Å². The number of fused-ring (bicyclic) bond motifs is 4. The van der Waals surface area contributed by atoms with Crippen LogP contribution >= 0.6 is 0 Å². The van der Waals surface area contributed by atoms with Gasteiger partial charge in [-0.1, -0.05) is 44.5 Å². The van der Waals surface area contributed by atoms with Crippen LogP contribution in [0.25, 0.3) is 44.0 Å². The molecule has 0 unspecified atom stereocenters. The zero-order valence-corrected chi connectivity index (χ0v) is 23.8. The first kappa shape index (κ1) is 27.3. The second kappa shape index (κ2) is 10.8. The Morgan fingerprint density at radius 2 is 1.67 bits per heavy atom. The number of hydrogen-bond acceptors (Lipinski definition) is 6. The fourth-order valence-electron chi connectivity index (χ4n) is 6.00. The summed E-state index contributed by atoms with van der Waals surface area (Å²) in [7, 11) is 1.35. The lowest BCUT2D eigenvalue weighted by atomic mass is 9.83. The number of benzene rings is 4. The highest BCUT2D eigenvalue weighted by Crippen LogP contribution is 2.49. The smallest absolute Gasteiger partial charge is 0.204 e. The van der Waals surface area contributed by atoms with Gasteiger partial charge in [-0.25, -0.2) is 0 Å². The fourth-order valence-corrected chi connectivity index (χ4v) is 6.00. The molecule has 0 saturated heterocycles. The highest BCUT2D eigenvalue weighted by molar-refractivity contribution is 6.07. The van der Waals surface area contributed by atoms with Crippen LogP contribution in [0.5, 0.6) is 23.0 Å². The number of methoxy groups -OCH3 is 1. The van der Waals surface area contributed by atoms with Crippen LogP contribution in [0.15, 0.2) is 82.1 Å². The van der Waals surface area contributed by atoms with Gasteiger partial charge in [-0.2, -0.15) is 0 Å². The summed E-state index contributed by atoms with van der Waals surface area (Å²) in [6.07, 6.45) is 4.06. The summed E-state index contributed by atoms with van der Waals surface area (Å²) in [6, 6.07) is 20.1. The monoisotopic (exact) mass is 563 g/mol. The van der Waals surface area contributed by atoms with Gasteiger partial charge in [0.2, 0.25) is 5.75 Å². The van der Waals surface area contributed by atoms with Gasteiger partial charge < -0.3 is 29.5 Å². The van der Waals surface area contributed by atoms with Crippen molar-refractivity contribution >= 4 is 32.6 Å². The molecule has 7 heteroatoms. The van der Waals surface area contributed by atoms with E-state index in [-0.39, 0.29) is 39.9 Å². The third-order valence-electron chi connectivity index (χ3n) is 8.12. The molecule has 0 amide bonds. The quantitative estimate of drug-likeness (QED) is 0.149. The molecule has 2 heterocycles. The molecule has 4 aromatic carbocycles. The normalized spacial score (nSPS) is 12.5. The maximum Gasteiger partial charge on any atom is 0.204 e. The predicted molar refractivity (Wildman–Crippen MR) is 166 cm³/mol. The minimum atomic E-state index is -0.459. The number of hydrogen-bond donors (Lipinski definition) is 4. The molecule has 7 nitrogen and oxygen atoms in total. The maximum absolute atomic E-state index is 13.5. The Bertz CT molecular complexity index is 1980. The van der Waals surface area contributed by atoms with Crippen molar-refractivity contribution in [1.29, 1.82) is 0 Å². The molecule has 0 aliphatic heterocycles. The van der Waals surface area contributed by atoms with E-state index in [0.717, 1.165) is 33.7 Å². The topological polar surface area (TPSA) is 116 Å². The molecule has 1 atom stereocenters. The lowest BCUT2D eigenvalue weighted by Crippen LogP contribution is -2.10. The standard InChI is InChI=1S/C35H33NO6/c1-19(2)7-8-22(17-21-5-4-6-25-24(21)13-14-27-26(25)15-16-36-27)30-32(39)35(41-3)33(40)31-28(38)18-29(42-34(30)31)20-9-11-23(37)12-10-20/h4-6,9-16,18-19,22,36-37,39-40H,7-8,17H2,1-3H3/t22-/m1/s1. The Kier molecular flexibility index (Phi) is 7.02. The van der Waals surface area contributed by atoms with Gasteiger partial charge in [0, 0.05) is 34.3 Å². The Morgan fingerprint density at radius 1 is 0.881 bits per heavy atom. The van der Waals surface area contributed by atoms with E-state index in [1.807, 2.05) is 12.3 Å². The second-order valence-corrected chi connectivity index (χ2v) is 11.3. The number of ether oxygens (including phenoxy) is 1. The molecule has 0 spiro atoms. The summed E-state index contributed by atoms with van der Waals surface area (Å²) in [4.78, 5) is 16.8. The zero-order chi connectivity index (χ0) is 29.5. The summed E-state index contributed by atoms with van der Waals surface area (Å²) in [6.45, 7) is 4.30. The first-order valence-corrected chi connectivity index (χ1v) is 14.1. The van der Waals surface area contributed by atoms with Crippen molar-refractivity contribution in [3.05, 3.63) is 94.3 Å². The average Bonchev–Trinajstić information content (AvgIpc) is 3.46. The van der Waals surface area contributed by atoms with Crippen molar-refractivity contribution in [2.24, 2.45) is 5.92 Å². The van der Waals surface area contributed by atoms with Crippen LogP contribution in [-0.2, 0) is 6.42 Å². The summed E-state index contributed by atoms with van der Waals surface area (Å²) < 4.78 is 11.8. The molecule has 214 valence electrons. The molecule has 0 aliphatic rings. The number of aromatic hydroxyl groups is 3. The molecule has 0 aliphatic carbocycles. The average molecular weight is 564 g/mol. The number of H-pyrrole nitrogens is 1. The Hall–Kier alpha value is -4.91. The van der Waals surface area contributed by atoms with Gasteiger partial charge in [0.15, 0.2) is 16.9 Å². The van der Waals surface area contributed by atoms with Crippen molar-refractivity contribution in [1.82, 2.24) is 4.98 Å². The predicted octanol–water partition coefficient (Wildman–Crippen LogP) is 7.98. The molecular formula is C35H33NO6. The molecule has 0 saturated carbocycles. The fraction of sp³-hybridized carbons (Fsp3) is 0.229. The zero-order valence-electron chi connectivity index (χ0n) is 23.8. The summed E-state index contributed by atoms with van der Waals surface area (Å²) in [5.74, 6) is -0.369. The third kappa shape index (κ3) is 4.71. The lowest BCUT2D eigenvalue weighted by Gasteiger charge is -2.23. The van der Waals surface area contributed by atoms with Crippen LogP contribution < -0.4 is 10.2 Å². The first-order valence-electron chi connectivity index (χ1n) is 14.1. The van der Waals surface area contributed by atoms with Crippen molar-refractivity contribution < 1.29 is 24.5 Å². The number of aromatic nitrogens is 1. The van der Waals surface area contributed by atoms with E-state index >= 15 is 0 Å². The molecule has 6 rings (SSSR count). The minimum absolute atomic E-state index is 0.0383. The van der Waals surface area contributed by atoms with Gasteiger partial charge in [0.25, 0.3) is 0 Å². The summed E-state index contributed by atoms with van der Waals surface area (Å²) in [5, 5.41) is 35.8. The number of aromatic amines is 1. The third-order valence-corrected chi connectivity index (χ3v) is 8.12. The number of phenolic OH excluding ortho intramolecular Hbond substituents is 3. The van der Waals surface area contributed by atoms with Crippen LogP contribution in [-0.4, -0.2) is 27.4 Å². The molecule has 4 N–H and O–H groups in total. The van der Waals surface area contributed by atoms with Gasteiger partial charge in [-0.3, -0.25) is 4.79 Å². The number of nitrogens with one attached hydrogen (secondary N) is 1. The van der Waals surface area contributed by atoms with Crippen LogP contribution in [0.3, 0.4) is 0 Å². The number of rotatable bonds is 8. The van der Waals surface area contributed by atoms with Gasteiger partial charge in [0.1, 0.15) is 22.5 Å². The molecular weight excluding hydrogens is 530 g/mol. The van der Waals surface area contributed by atoms with E-state index in [2.05, 4.69) is 49.2 Å². The number of phenols is 3. The van der Waals surface area contributed by atoms with Crippen molar-refractivity contribution in [2.45, 2.75) is 39.0 Å². The summed E-state index contributed by atoms with van der Waals surface area (Å²) in [5.41, 5.74) is 2.84. The first-order chi connectivity index (χ1) is 20.3. The highest BCUT2D eigenvalue weighted by Gasteiger charge is 2.30. The van der Waals surface area contributed by atoms with Crippen LogP contribution in [0, 0.1) is 5.92 Å². The van der Waals surface area contributed by atoms with Crippen LogP contribution in [0.4, 0.5) is 0 Å². The lowest BCUT2D eigenvalue weighted by molar-refractivity contribution is 0.341. The Labute approximate surface area is 242 Å². The summed E-state index contributed by atoms with van der Waals surface area (Å²) >= 11 is 0.